The Morgan fingerprint density at radius 3 is 1.06 bits per heavy atom. The summed E-state index contributed by atoms with van der Waals surface area (Å²) in [6.07, 6.45) is 32.7. The van der Waals surface area contributed by atoms with E-state index in [-0.39, 0.29) is 5.92 Å². The lowest BCUT2D eigenvalue weighted by atomic mass is 9.95. The van der Waals surface area contributed by atoms with Crippen LogP contribution >= 0.6 is 0 Å². The van der Waals surface area contributed by atoms with Crippen molar-refractivity contribution in [3.05, 3.63) is 0 Å². The molecule has 2 heteroatoms. The highest BCUT2D eigenvalue weighted by atomic mass is 16.2. The van der Waals surface area contributed by atoms with Crippen LogP contribution in [0.5, 0.6) is 0 Å². The Morgan fingerprint density at radius 1 is 0.485 bits per heavy atom. The minimum absolute atomic E-state index is 0.268. The smallest absolute Gasteiger partial charge is 0.132 e. The van der Waals surface area contributed by atoms with Gasteiger partial charge in [-0.25, -0.2) is 0 Å². The minimum Gasteiger partial charge on any atom is -0.396 e. The van der Waals surface area contributed by atoms with Gasteiger partial charge in [0.15, 0.2) is 0 Å². The molecule has 2 nitrogen and oxygen atoms in total. The fourth-order valence-electron chi connectivity index (χ4n) is 4.90. The fourth-order valence-corrected chi connectivity index (χ4v) is 4.90. The molecule has 0 amide bonds. The van der Waals surface area contributed by atoms with Gasteiger partial charge in [-0.1, -0.05) is 155 Å². The minimum atomic E-state index is 0.268. The predicted octanol–water partition coefficient (Wildman–Crippen LogP) is 10.2. The second-order valence-electron chi connectivity index (χ2n) is 11.1. The first kappa shape index (κ1) is 32.6. The molecule has 2 atom stereocenters. The summed E-state index contributed by atoms with van der Waals surface area (Å²) in [5, 5.41) is 8.77. The summed E-state index contributed by atoms with van der Waals surface area (Å²) in [5.41, 5.74) is 0. The van der Waals surface area contributed by atoms with Crippen molar-refractivity contribution < 1.29 is 9.90 Å². The normalized spacial score (nSPS) is 13.3. The first-order valence-electron chi connectivity index (χ1n) is 15.2. The third-order valence-electron chi connectivity index (χ3n) is 7.63. The van der Waals surface area contributed by atoms with Crippen molar-refractivity contribution in [2.75, 3.05) is 6.61 Å². The summed E-state index contributed by atoms with van der Waals surface area (Å²) in [7, 11) is 0. The number of aliphatic hydroxyl groups excluding tert-OH is 1. The molecule has 0 aromatic carbocycles. The lowest BCUT2D eigenvalue weighted by molar-refractivity contribution is -0.120. The number of carbonyl (C=O) groups is 1. The molecule has 0 fully saturated rings. The Hall–Kier alpha value is -0.370. The maximum absolute atomic E-state index is 11.2. The Kier molecular flexibility index (Phi) is 25.9. The number of rotatable bonds is 27. The molecule has 0 aromatic rings. The quantitative estimate of drug-likeness (QED) is 0.122. The van der Waals surface area contributed by atoms with Crippen molar-refractivity contribution in [1.82, 2.24) is 0 Å². The SMILES string of the molecule is CC(=O)[C@@H](C)CCCCCCC[C@H](C)CCCCCCCCCCCCCCCCCCO. The molecule has 0 saturated carbocycles. The Labute approximate surface area is 209 Å². The molecule has 33 heavy (non-hydrogen) atoms. The number of ketones is 1. The Bertz CT molecular complexity index is 392. The zero-order valence-corrected chi connectivity index (χ0v) is 23.2. The second-order valence-corrected chi connectivity index (χ2v) is 11.1. The van der Waals surface area contributed by atoms with E-state index in [1.165, 1.54) is 141 Å². The van der Waals surface area contributed by atoms with Gasteiger partial charge < -0.3 is 5.11 Å². The molecule has 0 heterocycles. The van der Waals surface area contributed by atoms with E-state index < -0.39 is 0 Å². The molecule has 0 unspecified atom stereocenters. The number of unbranched alkanes of at least 4 members (excludes halogenated alkanes) is 19. The average Bonchev–Trinajstić information content (AvgIpc) is 2.80. The van der Waals surface area contributed by atoms with E-state index in [9.17, 15) is 4.79 Å². The third-order valence-corrected chi connectivity index (χ3v) is 7.63. The van der Waals surface area contributed by atoms with Crippen molar-refractivity contribution in [2.24, 2.45) is 11.8 Å². The highest BCUT2D eigenvalue weighted by molar-refractivity contribution is 5.77. The standard InChI is InChI=1S/C31H62O2/c1-29(26-22-18-16-19-23-27-30(2)31(3)33)25-21-17-14-12-10-8-6-4-5-7-9-11-13-15-20-24-28-32/h29-30,32H,4-28H2,1-3H3/t29-,30+/m1/s1. The van der Waals surface area contributed by atoms with Crippen molar-refractivity contribution in [2.45, 2.75) is 175 Å². The van der Waals surface area contributed by atoms with Crippen LogP contribution in [0, 0.1) is 11.8 Å². The summed E-state index contributed by atoms with van der Waals surface area (Å²) in [4.78, 5) is 11.2. The van der Waals surface area contributed by atoms with Gasteiger partial charge in [0.05, 0.1) is 0 Å². The number of aliphatic hydroxyl groups is 1. The number of Topliss-reactive ketones (excluding diaryl/α,β-unsaturated/α-hetero) is 1. The van der Waals surface area contributed by atoms with E-state index in [2.05, 4.69) is 13.8 Å². The Balaban J connectivity index is 3.18. The molecule has 0 saturated heterocycles. The van der Waals surface area contributed by atoms with Gasteiger partial charge in [0.25, 0.3) is 0 Å². The van der Waals surface area contributed by atoms with Crippen molar-refractivity contribution in [3.8, 4) is 0 Å². The first-order valence-corrected chi connectivity index (χ1v) is 15.2. The zero-order valence-electron chi connectivity index (χ0n) is 23.2. The van der Waals surface area contributed by atoms with Crippen LogP contribution in [0.4, 0.5) is 0 Å². The van der Waals surface area contributed by atoms with Gasteiger partial charge >= 0.3 is 0 Å². The molecule has 0 aromatic heterocycles. The Morgan fingerprint density at radius 2 is 0.758 bits per heavy atom. The topological polar surface area (TPSA) is 37.3 Å². The highest BCUT2D eigenvalue weighted by Gasteiger charge is 2.06. The monoisotopic (exact) mass is 466 g/mol. The van der Waals surface area contributed by atoms with Gasteiger partial charge in [-0.05, 0) is 25.7 Å². The van der Waals surface area contributed by atoms with Gasteiger partial charge in [-0.2, -0.15) is 0 Å². The summed E-state index contributed by atoms with van der Waals surface area (Å²) in [6, 6.07) is 0. The predicted molar refractivity (Wildman–Crippen MR) is 147 cm³/mol. The van der Waals surface area contributed by atoms with Gasteiger partial charge in [-0.3, -0.25) is 4.79 Å². The van der Waals surface area contributed by atoms with Crippen LogP contribution < -0.4 is 0 Å². The summed E-state index contributed by atoms with van der Waals surface area (Å²) in [5.74, 6) is 1.52. The average molecular weight is 467 g/mol. The summed E-state index contributed by atoms with van der Waals surface area (Å²) in [6.45, 7) is 6.61. The van der Waals surface area contributed by atoms with Crippen LogP contribution in [-0.2, 0) is 4.79 Å². The van der Waals surface area contributed by atoms with Crippen LogP contribution in [-0.4, -0.2) is 17.5 Å². The zero-order chi connectivity index (χ0) is 24.4. The molecule has 0 aliphatic carbocycles. The van der Waals surface area contributed by atoms with Crippen molar-refractivity contribution >= 4 is 5.78 Å². The van der Waals surface area contributed by atoms with E-state index in [4.69, 9.17) is 5.11 Å². The number of carbonyl (C=O) groups excluding carboxylic acids is 1. The molecule has 0 bridgehead atoms. The molecular formula is C31H62O2. The molecule has 1 N–H and O–H groups in total. The molecule has 0 rings (SSSR count). The maximum atomic E-state index is 11.2. The number of hydrogen-bond acceptors (Lipinski definition) is 2. The van der Waals surface area contributed by atoms with Crippen LogP contribution in [0.3, 0.4) is 0 Å². The molecule has 0 aliphatic rings. The lowest BCUT2D eigenvalue weighted by Gasteiger charge is -2.11. The molecule has 0 radical (unpaired) electrons. The van der Waals surface area contributed by atoms with E-state index in [1.54, 1.807) is 6.92 Å². The molecule has 198 valence electrons. The summed E-state index contributed by atoms with van der Waals surface area (Å²) < 4.78 is 0. The molecule has 0 spiro atoms. The van der Waals surface area contributed by atoms with Gasteiger partial charge in [0.1, 0.15) is 5.78 Å². The van der Waals surface area contributed by atoms with Gasteiger partial charge in [-0.15, -0.1) is 0 Å². The third kappa shape index (κ3) is 26.1. The van der Waals surface area contributed by atoms with Crippen LogP contribution in [0.1, 0.15) is 175 Å². The number of hydrogen-bond donors (Lipinski definition) is 1. The van der Waals surface area contributed by atoms with Crippen LogP contribution in [0.2, 0.25) is 0 Å². The molecular weight excluding hydrogens is 404 g/mol. The van der Waals surface area contributed by atoms with Crippen molar-refractivity contribution in [3.63, 3.8) is 0 Å². The summed E-state index contributed by atoms with van der Waals surface area (Å²) >= 11 is 0. The van der Waals surface area contributed by atoms with Crippen LogP contribution in [0.25, 0.3) is 0 Å². The van der Waals surface area contributed by atoms with Crippen LogP contribution in [0.15, 0.2) is 0 Å². The largest absolute Gasteiger partial charge is 0.396 e. The van der Waals surface area contributed by atoms with E-state index in [0.29, 0.717) is 12.4 Å². The highest BCUT2D eigenvalue weighted by Crippen LogP contribution is 2.19. The van der Waals surface area contributed by atoms with E-state index in [0.717, 1.165) is 18.8 Å². The van der Waals surface area contributed by atoms with Gasteiger partial charge in [0.2, 0.25) is 0 Å². The molecule has 0 aliphatic heterocycles. The lowest BCUT2D eigenvalue weighted by Crippen LogP contribution is -2.05. The first-order chi connectivity index (χ1) is 16.1. The fraction of sp³-hybridized carbons (Fsp3) is 0.968. The maximum Gasteiger partial charge on any atom is 0.132 e. The van der Waals surface area contributed by atoms with Gasteiger partial charge in [0, 0.05) is 12.5 Å². The van der Waals surface area contributed by atoms with Crippen molar-refractivity contribution in [1.29, 1.82) is 0 Å². The van der Waals surface area contributed by atoms with E-state index in [1.807, 2.05) is 0 Å². The second kappa shape index (κ2) is 26.2. The van der Waals surface area contributed by atoms with E-state index >= 15 is 0 Å².